The zero-order valence-corrected chi connectivity index (χ0v) is 12.6. The second-order valence-electron chi connectivity index (χ2n) is 4.99. The third-order valence-electron chi connectivity index (χ3n) is 3.13. The highest BCUT2D eigenvalue weighted by Gasteiger charge is 2.11. The van der Waals surface area contributed by atoms with Crippen LogP contribution in [0.1, 0.15) is 11.1 Å². The van der Waals surface area contributed by atoms with Crippen LogP contribution in [0.4, 0.5) is 5.69 Å². The van der Waals surface area contributed by atoms with Gasteiger partial charge in [-0.3, -0.25) is 9.59 Å². The van der Waals surface area contributed by atoms with E-state index < -0.39 is 17.5 Å². The van der Waals surface area contributed by atoms with Crippen LogP contribution in [-0.4, -0.2) is 27.9 Å². The Balaban J connectivity index is 2.08. The Morgan fingerprint density at radius 2 is 1.67 bits per heavy atom. The van der Waals surface area contributed by atoms with Crippen molar-refractivity contribution in [3.05, 3.63) is 71.8 Å². The van der Waals surface area contributed by atoms with Crippen LogP contribution < -0.4 is 5.32 Å². The van der Waals surface area contributed by atoms with Crippen molar-refractivity contribution < 1.29 is 24.6 Å². The molecule has 0 aliphatic rings. The summed E-state index contributed by atoms with van der Waals surface area (Å²) in [5.74, 6) is -3.61. The Kier molecular flexibility index (Phi) is 5.46. The van der Waals surface area contributed by atoms with E-state index >= 15 is 0 Å². The number of carbonyl (C=O) groups is 3. The summed E-state index contributed by atoms with van der Waals surface area (Å²) in [4.78, 5) is 33.6. The van der Waals surface area contributed by atoms with Gasteiger partial charge in [-0.2, -0.15) is 0 Å². The van der Waals surface area contributed by atoms with E-state index in [1.807, 2.05) is 30.3 Å². The van der Waals surface area contributed by atoms with E-state index in [1.165, 1.54) is 12.1 Å². The fourth-order valence-electron chi connectivity index (χ4n) is 2.01. The van der Waals surface area contributed by atoms with Crippen molar-refractivity contribution in [1.29, 1.82) is 0 Å². The minimum Gasteiger partial charge on any atom is -0.507 e. The summed E-state index contributed by atoms with van der Waals surface area (Å²) in [6, 6.07) is 15.3. The molecule has 0 atom stereocenters. The maximum absolute atomic E-state index is 12.0. The fourth-order valence-corrected chi connectivity index (χ4v) is 2.01. The van der Waals surface area contributed by atoms with Crippen LogP contribution in [0.25, 0.3) is 5.76 Å². The van der Waals surface area contributed by atoms with E-state index in [9.17, 15) is 19.5 Å². The molecule has 2 rings (SSSR count). The number of aliphatic hydroxyl groups is 1. The molecule has 0 spiro atoms. The van der Waals surface area contributed by atoms with Gasteiger partial charge >= 0.3 is 5.97 Å². The Bertz CT molecular complexity index is 796. The molecular weight excluding hydrogens is 310 g/mol. The normalized spacial score (nSPS) is 10.9. The number of hydrogen-bond donors (Lipinski definition) is 3. The quantitative estimate of drug-likeness (QED) is 0.430. The van der Waals surface area contributed by atoms with Gasteiger partial charge in [-0.1, -0.05) is 42.5 Å². The lowest BCUT2D eigenvalue weighted by molar-refractivity contribution is -0.146. The van der Waals surface area contributed by atoms with Crippen LogP contribution in [0.15, 0.2) is 60.7 Å². The van der Waals surface area contributed by atoms with Gasteiger partial charge in [-0.05, 0) is 17.7 Å². The van der Waals surface area contributed by atoms with Gasteiger partial charge in [0, 0.05) is 17.3 Å². The molecule has 6 nitrogen and oxygen atoms in total. The third-order valence-corrected chi connectivity index (χ3v) is 3.13. The molecule has 2 aromatic rings. The van der Waals surface area contributed by atoms with Crippen LogP contribution >= 0.6 is 0 Å². The number of rotatable bonds is 6. The minimum atomic E-state index is -1.66. The number of hydrogen-bond acceptors (Lipinski definition) is 4. The Hall–Kier alpha value is -3.41. The second-order valence-corrected chi connectivity index (χ2v) is 4.99. The van der Waals surface area contributed by atoms with E-state index in [-0.39, 0.29) is 17.9 Å². The van der Waals surface area contributed by atoms with E-state index in [1.54, 1.807) is 12.1 Å². The lowest BCUT2D eigenvalue weighted by Gasteiger charge is -2.07. The number of carboxylic acids is 1. The number of anilines is 1. The Morgan fingerprint density at radius 1 is 0.958 bits per heavy atom. The summed E-state index contributed by atoms with van der Waals surface area (Å²) in [5, 5.41) is 21.0. The van der Waals surface area contributed by atoms with Gasteiger partial charge in [-0.15, -0.1) is 0 Å². The number of aliphatic hydroxyl groups excluding tert-OH is 1. The molecule has 24 heavy (non-hydrogen) atoms. The zero-order valence-electron chi connectivity index (χ0n) is 12.6. The first-order valence-electron chi connectivity index (χ1n) is 7.08. The Morgan fingerprint density at radius 3 is 2.33 bits per heavy atom. The van der Waals surface area contributed by atoms with E-state index in [2.05, 4.69) is 5.32 Å². The molecule has 1 amide bonds. The van der Waals surface area contributed by atoms with Crippen LogP contribution in [0.3, 0.4) is 0 Å². The molecule has 0 unspecified atom stereocenters. The van der Waals surface area contributed by atoms with Gasteiger partial charge in [0.1, 0.15) is 5.76 Å². The van der Waals surface area contributed by atoms with Crippen molar-refractivity contribution in [2.75, 3.05) is 5.32 Å². The summed E-state index contributed by atoms with van der Waals surface area (Å²) in [7, 11) is 0. The molecule has 2 aromatic carbocycles. The van der Waals surface area contributed by atoms with Crippen molar-refractivity contribution in [2.45, 2.75) is 6.42 Å². The molecule has 0 aromatic heterocycles. The van der Waals surface area contributed by atoms with E-state index in [4.69, 9.17) is 5.11 Å². The highest BCUT2D eigenvalue weighted by molar-refractivity contribution is 6.38. The summed E-state index contributed by atoms with van der Waals surface area (Å²) < 4.78 is 0. The van der Waals surface area contributed by atoms with Gasteiger partial charge in [0.15, 0.2) is 0 Å². The molecule has 0 aliphatic carbocycles. The largest absolute Gasteiger partial charge is 0.507 e. The van der Waals surface area contributed by atoms with Gasteiger partial charge in [0.05, 0.1) is 6.42 Å². The molecule has 6 heteroatoms. The molecule has 0 radical (unpaired) electrons. The number of benzene rings is 2. The predicted molar refractivity (Wildman–Crippen MR) is 88.5 cm³/mol. The lowest BCUT2D eigenvalue weighted by atomic mass is 10.1. The monoisotopic (exact) mass is 325 g/mol. The smallest absolute Gasteiger partial charge is 0.376 e. The highest BCUT2D eigenvalue weighted by atomic mass is 16.4. The molecule has 0 fully saturated rings. The van der Waals surface area contributed by atoms with E-state index in [0.717, 1.165) is 5.56 Å². The van der Waals surface area contributed by atoms with Crippen LogP contribution in [0.5, 0.6) is 0 Å². The maximum atomic E-state index is 12.0. The second kappa shape index (κ2) is 7.73. The van der Waals surface area contributed by atoms with Gasteiger partial charge < -0.3 is 15.5 Å². The summed E-state index contributed by atoms with van der Waals surface area (Å²) in [6.45, 7) is 0. The van der Waals surface area contributed by atoms with Crippen molar-refractivity contribution in [2.24, 2.45) is 0 Å². The SMILES string of the molecule is O=C(Cc1ccccc1)Nc1cccc(/C(O)=C/C(=O)C(=O)O)c1. The third kappa shape index (κ3) is 4.81. The van der Waals surface area contributed by atoms with E-state index in [0.29, 0.717) is 11.8 Å². The van der Waals surface area contributed by atoms with Crippen LogP contribution in [-0.2, 0) is 20.8 Å². The van der Waals surface area contributed by atoms with Crippen molar-refractivity contribution in [1.82, 2.24) is 0 Å². The molecule has 3 N–H and O–H groups in total. The summed E-state index contributed by atoms with van der Waals surface area (Å²) in [5.41, 5.74) is 1.51. The lowest BCUT2D eigenvalue weighted by Crippen LogP contribution is -2.14. The van der Waals surface area contributed by atoms with Crippen LogP contribution in [0, 0.1) is 0 Å². The van der Waals surface area contributed by atoms with Gasteiger partial charge in [0.2, 0.25) is 5.91 Å². The zero-order chi connectivity index (χ0) is 17.5. The minimum absolute atomic E-state index is 0.199. The first-order valence-corrected chi connectivity index (χ1v) is 7.08. The van der Waals surface area contributed by atoms with Crippen molar-refractivity contribution in [3.63, 3.8) is 0 Å². The predicted octanol–water partition coefficient (Wildman–Crippen LogP) is 2.42. The summed E-state index contributed by atoms with van der Waals surface area (Å²) >= 11 is 0. The first kappa shape index (κ1) is 17.0. The van der Waals surface area contributed by atoms with Gasteiger partial charge in [-0.25, -0.2) is 4.79 Å². The average Bonchev–Trinajstić information content (AvgIpc) is 2.55. The number of carbonyl (C=O) groups excluding carboxylic acids is 2. The number of amides is 1. The van der Waals surface area contributed by atoms with Crippen molar-refractivity contribution >= 4 is 29.1 Å². The molecule has 0 aliphatic heterocycles. The molecular formula is C18H15NO5. The molecule has 0 bridgehead atoms. The highest BCUT2D eigenvalue weighted by Crippen LogP contribution is 2.17. The summed E-state index contributed by atoms with van der Waals surface area (Å²) in [6.07, 6.45) is 0.817. The molecule has 0 saturated heterocycles. The topological polar surface area (TPSA) is 104 Å². The Labute approximate surface area is 138 Å². The number of aliphatic carboxylic acids is 1. The maximum Gasteiger partial charge on any atom is 0.376 e. The first-order chi connectivity index (χ1) is 11.5. The standard InChI is InChI=1S/C18H15NO5/c20-15(11-16(21)18(23)24)13-7-4-8-14(10-13)19-17(22)9-12-5-2-1-3-6-12/h1-8,10-11,20H,9H2,(H,19,22)(H,23,24)/b15-11-. The molecule has 0 heterocycles. The molecule has 122 valence electrons. The molecule has 0 saturated carbocycles. The fraction of sp³-hybridized carbons (Fsp3) is 0.0556. The number of nitrogens with one attached hydrogen (secondary N) is 1. The van der Waals surface area contributed by atoms with Crippen molar-refractivity contribution in [3.8, 4) is 0 Å². The average molecular weight is 325 g/mol. The van der Waals surface area contributed by atoms with Gasteiger partial charge in [0.25, 0.3) is 5.78 Å². The van der Waals surface area contributed by atoms with Crippen LogP contribution in [0.2, 0.25) is 0 Å². The number of carboxylic acid groups (broad SMARTS) is 1. The number of ketones is 1.